The number of nitriles is 1. The second-order valence-electron chi connectivity index (χ2n) is 4.47. The van der Waals surface area contributed by atoms with Gasteiger partial charge in [0.2, 0.25) is 0 Å². The van der Waals surface area contributed by atoms with Crippen LogP contribution >= 0.6 is 12.2 Å². The maximum atomic E-state index is 12.9. The SMILES string of the molecule is CC(NC(=S)Nc1cc[c]c(C#N)c1)c1ccc(F)cc1. The van der Waals surface area contributed by atoms with Crippen molar-refractivity contribution in [3.63, 3.8) is 0 Å². The predicted molar refractivity (Wildman–Crippen MR) is 84.2 cm³/mol. The minimum Gasteiger partial charge on any atom is -0.356 e. The number of halogens is 1. The number of hydrogen-bond donors (Lipinski definition) is 2. The van der Waals surface area contributed by atoms with E-state index in [1.807, 2.05) is 13.0 Å². The summed E-state index contributed by atoms with van der Waals surface area (Å²) in [6.45, 7) is 1.93. The molecule has 0 fully saturated rings. The van der Waals surface area contributed by atoms with Gasteiger partial charge < -0.3 is 10.6 Å². The van der Waals surface area contributed by atoms with E-state index in [1.165, 1.54) is 12.1 Å². The molecule has 0 amide bonds. The Hall–Kier alpha value is -2.45. The highest BCUT2D eigenvalue weighted by Gasteiger charge is 2.07. The number of hydrogen-bond acceptors (Lipinski definition) is 2. The Morgan fingerprint density at radius 3 is 2.71 bits per heavy atom. The van der Waals surface area contributed by atoms with Gasteiger partial charge in [-0.25, -0.2) is 4.39 Å². The van der Waals surface area contributed by atoms with Gasteiger partial charge in [-0.15, -0.1) is 0 Å². The van der Waals surface area contributed by atoms with Crippen molar-refractivity contribution in [1.82, 2.24) is 5.32 Å². The molecule has 0 saturated carbocycles. The van der Waals surface area contributed by atoms with Crippen LogP contribution < -0.4 is 10.6 Å². The molecule has 0 aromatic heterocycles. The number of benzene rings is 2. The summed E-state index contributed by atoms with van der Waals surface area (Å²) in [5, 5.41) is 15.4. The summed E-state index contributed by atoms with van der Waals surface area (Å²) in [5.74, 6) is -0.267. The van der Waals surface area contributed by atoms with E-state index in [0.717, 1.165) is 5.56 Å². The standard InChI is InChI=1S/C16H13FN3S/c1-11(13-5-7-14(17)8-6-13)19-16(21)20-15-4-2-3-12(9-15)10-18/h2,4-9,11H,1H3,(H2,19,20,21). The van der Waals surface area contributed by atoms with Crippen molar-refractivity contribution in [2.45, 2.75) is 13.0 Å². The van der Waals surface area contributed by atoms with Crippen LogP contribution in [0.2, 0.25) is 0 Å². The quantitative estimate of drug-likeness (QED) is 0.851. The molecule has 0 aliphatic carbocycles. The van der Waals surface area contributed by atoms with Crippen molar-refractivity contribution in [2.24, 2.45) is 0 Å². The third-order valence-corrected chi connectivity index (χ3v) is 3.12. The van der Waals surface area contributed by atoms with Crippen LogP contribution in [0.4, 0.5) is 10.1 Å². The second-order valence-corrected chi connectivity index (χ2v) is 4.88. The number of thiocarbonyl (C=S) groups is 1. The van der Waals surface area contributed by atoms with Crippen LogP contribution in [0.15, 0.2) is 42.5 Å². The molecule has 21 heavy (non-hydrogen) atoms. The van der Waals surface area contributed by atoms with Gasteiger partial charge >= 0.3 is 0 Å². The average Bonchev–Trinajstić information content (AvgIpc) is 2.47. The molecule has 2 aromatic carbocycles. The van der Waals surface area contributed by atoms with Gasteiger partial charge in [-0.1, -0.05) is 18.2 Å². The minimum atomic E-state index is -0.267. The summed E-state index contributed by atoms with van der Waals surface area (Å²) < 4.78 is 12.9. The van der Waals surface area contributed by atoms with Crippen molar-refractivity contribution in [2.75, 3.05) is 5.32 Å². The Bertz CT molecular complexity index is 677. The van der Waals surface area contributed by atoms with Gasteiger partial charge in [0.05, 0.1) is 17.7 Å². The summed E-state index contributed by atoms with van der Waals surface area (Å²) >= 11 is 5.23. The molecule has 1 unspecified atom stereocenters. The smallest absolute Gasteiger partial charge is 0.171 e. The Balaban J connectivity index is 1.98. The van der Waals surface area contributed by atoms with Crippen LogP contribution in [-0.2, 0) is 0 Å². The second kappa shape index (κ2) is 6.82. The lowest BCUT2D eigenvalue weighted by molar-refractivity contribution is 0.624. The number of rotatable bonds is 3. The minimum absolute atomic E-state index is 0.0590. The highest BCUT2D eigenvalue weighted by atomic mass is 32.1. The molecular formula is C16H13FN3S. The van der Waals surface area contributed by atoms with Crippen LogP contribution in [0.1, 0.15) is 24.1 Å². The maximum absolute atomic E-state index is 12.9. The highest BCUT2D eigenvalue weighted by Crippen LogP contribution is 2.14. The molecule has 2 aromatic rings. The molecule has 0 heterocycles. The summed E-state index contributed by atoms with van der Waals surface area (Å²) in [6, 6.07) is 16.1. The Morgan fingerprint density at radius 1 is 1.33 bits per heavy atom. The molecular weight excluding hydrogens is 285 g/mol. The molecule has 0 saturated heterocycles. The fraction of sp³-hybridized carbons (Fsp3) is 0.125. The van der Waals surface area contributed by atoms with Crippen LogP contribution in [0, 0.1) is 23.2 Å². The van der Waals surface area contributed by atoms with Crippen molar-refractivity contribution in [3.8, 4) is 6.07 Å². The summed E-state index contributed by atoms with van der Waals surface area (Å²) in [4.78, 5) is 0. The molecule has 2 N–H and O–H groups in total. The average molecular weight is 298 g/mol. The van der Waals surface area contributed by atoms with E-state index in [1.54, 1.807) is 30.3 Å². The van der Waals surface area contributed by atoms with Gasteiger partial charge in [0.1, 0.15) is 5.82 Å². The third kappa shape index (κ3) is 4.26. The van der Waals surface area contributed by atoms with Crippen LogP contribution in [-0.4, -0.2) is 5.11 Å². The lowest BCUT2D eigenvalue weighted by Crippen LogP contribution is -2.30. The summed E-state index contributed by atoms with van der Waals surface area (Å²) in [7, 11) is 0. The molecule has 0 bridgehead atoms. The maximum Gasteiger partial charge on any atom is 0.171 e. The van der Waals surface area contributed by atoms with Crippen LogP contribution in [0.5, 0.6) is 0 Å². The first-order valence-electron chi connectivity index (χ1n) is 6.33. The molecule has 1 radical (unpaired) electrons. The first-order chi connectivity index (χ1) is 10.1. The molecule has 1 atom stereocenters. The fourth-order valence-electron chi connectivity index (χ4n) is 1.81. The van der Waals surface area contributed by atoms with Gasteiger partial charge in [-0.05, 0) is 49.0 Å². The molecule has 0 aliphatic heterocycles. The van der Waals surface area contributed by atoms with E-state index in [2.05, 4.69) is 16.7 Å². The van der Waals surface area contributed by atoms with Crippen molar-refractivity contribution in [3.05, 3.63) is 65.5 Å². The lowest BCUT2D eigenvalue weighted by atomic mass is 10.1. The number of nitrogens with one attached hydrogen (secondary N) is 2. The van der Waals surface area contributed by atoms with E-state index in [0.29, 0.717) is 16.4 Å². The van der Waals surface area contributed by atoms with Gasteiger partial charge in [0, 0.05) is 11.8 Å². The third-order valence-electron chi connectivity index (χ3n) is 2.90. The van der Waals surface area contributed by atoms with Crippen molar-refractivity contribution in [1.29, 1.82) is 5.26 Å². The van der Waals surface area contributed by atoms with Crippen molar-refractivity contribution >= 4 is 23.0 Å². The topological polar surface area (TPSA) is 47.8 Å². The predicted octanol–water partition coefficient (Wildman–Crippen LogP) is 3.55. The summed E-state index contributed by atoms with van der Waals surface area (Å²) in [5.41, 5.74) is 2.09. The van der Waals surface area contributed by atoms with E-state index >= 15 is 0 Å². The molecule has 3 nitrogen and oxygen atoms in total. The van der Waals surface area contributed by atoms with Crippen LogP contribution in [0.25, 0.3) is 0 Å². The van der Waals surface area contributed by atoms with Gasteiger partial charge in [-0.3, -0.25) is 0 Å². The van der Waals surface area contributed by atoms with E-state index in [9.17, 15) is 4.39 Å². The molecule has 0 aliphatic rings. The zero-order chi connectivity index (χ0) is 15.2. The number of nitrogens with zero attached hydrogens (tertiary/aromatic N) is 1. The number of anilines is 1. The normalized spacial score (nSPS) is 11.3. The summed E-state index contributed by atoms with van der Waals surface area (Å²) in [6.07, 6.45) is 0. The monoisotopic (exact) mass is 298 g/mol. The Morgan fingerprint density at radius 2 is 2.05 bits per heavy atom. The van der Waals surface area contributed by atoms with Crippen molar-refractivity contribution < 1.29 is 4.39 Å². The lowest BCUT2D eigenvalue weighted by Gasteiger charge is -2.17. The zero-order valence-corrected chi connectivity index (χ0v) is 12.2. The first kappa shape index (κ1) is 14.9. The Kier molecular flexibility index (Phi) is 4.85. The largest absolute Gasteiger partial charge is 0.356 e. The van der Waals surface area contributed by atoms with E-state index in [4.69, 9.17) is 17.5 Å². The van der Waals surface area contributed by atoms with Gasteiger partial charge in [0.15, 0.2) is 5.11 Å². The fourth-order valence-corrected chi connectivity index (χ4v) is 2.10. The zero-order valence-electron chi connectivity index (χ0n) is 11.4. The van der Waals surface area contributed by atoms with E-state index < -0.39 is 0 Å². The first-order valence-corrected chi connectivity index (χ1v) is 6.74. The molecule has 2 rings (SSSR count). The van der Waals surface area contributed by atoms with Gasteiger partial charge in [-0.2, -0.15) is 5.26 Å². The highest BCUT2D eigenvalue weighted by molar-refractivity contribution is 7.80. The molecule has 5 heteroatoms. The molecule has 105 valence electrons. The van der Waals surface area contributed by atoms with Gasteiger partial charge in [0.25, 0.3) is 0 Å². The van der Waals surface area contributed by atoms with E-state index in [-0.39, 0.29) is 11.9 Å². The molecule has 0 spiro atoms. The Labute approximate surface area is 128 Å². The van der Waals surface area contributed by atoms with Crippen LogP contribution in [0.3, 0.4) is 0 Å².